The number of piperidine rings is 1. The van der Waals surface area contributed by atoms with Crippen LogP contribution in [0.1, 0.15) is 44.1 Å². The standard InChI is InChI=1S/C29H39N7O2/c30-24(23-3-1-2-4-26(23)37)14-25(28(31)32)35-17-20-5-6-21(18-35)36(20)19-7-10-34-27(13-19)38-22-15-29(16-22)8-11-33-12-9-29/h1-4,7,10,13-14,20-22,33,37H,5-6,8-9,11-12,15-18,30-32H2/b24-14-. The topological polar surface area (TPSA) is 139 Å². The highest BCUT2D eigenvalue weighted by Gasteiger charge is 2.46. The Morgan fingerprint density at radius 2 is 1.76 bits per heavy atom. The Morgan fingerprint density at radius 1 is 1.05 bits per heavy atom. The minimum absolute atomic E-state index is 0.129. The second kappa shape index (κ2) is 9.94. The molecule has 2 atom stereocenters. The first kappa shape index (κ1) is 24.7. The molecule has 6 rings (SSSR count). The number of nitrogens with two attached hydrogens (primary N) is 3. The number of allylic oxidation sites excluding steroid dienone is 1. The van der Waals surface area contributed by atoms with E-state index in [9.17, 15) is 5.11 Å². The van der Waals surface area contributed by atoms with Gasteiger partial charge < -0.3 is 42.2 Å². The number of fused-ring (bicyclic) bond motifs is 2. The van der Waals surface area contributed by atoms with Gasteiger partial charge in [0, 0.05) is 54.4 Å². The lowest BCUT2D eigenvalue weighted by atomic mass is 9.62. The normalized spacial score (nSPS) is 24.8. The van der Waals surface area contributed by atoms with Gasteiger partial charge >= 0.3 is 0 Å². The molecule has 8 N–H and O–H groups in total. The maximum Gasteiger partial charge on any atom is 0.215 e. The molecule has 2 unspecified atom stereocenters. The molecule has 1 aromatic carbocycles. The summed E-state index contributed by atoms with van der Waals surface area (Å²) in [7, 11) is 0. The monoisotopic (exact) mass is 517 g/mol. The van der Waals surface area contributed by atoms with Crippen LogP contribution in [0.5, 0.6) is 11.6 Å². The quantitative estimate of drug-likeness (QED) is 0.366. The Morgan fingerprint density at radius 3 is 2.45 bits per heavy atom. The molecule has 3 aliphatic heterocycles. The third-order valence-electron chi connectivity index (χ3n) is 8.92. The number of phenols is 1. The molecule has 1 aromatic heterocycles. The third kappa shape index (κ3) is 4.71. The Labute approximate surface area is 224 Å². The molecule has 1 aliphatic carbocycles. The van der Waals surface area contributed by atoms with Gasteiger partial charge in [0.25, 0.3) is 0 Å². The van der Waals surface area contributed by atoms with Gasteiger partial charge in [-0.3, -0.25) is 0 Å². The fourth-order valence-corrected chi connectivity index (χ4v) is 6.97. The smallest absolute Gasteiger partial charge is 0.215 e. The van der Waals surface area contributed by atoms with Crippen LogP contribution in [-0.4, -0.2) is 59.4 Å². The minimum atomic E-state index is 0.129. The number of aromatic nitrogens is 1. The average Bonchev–Trinajstić information content (AvgIpc) is 3.16. The van der Waals surface area contributed by atoms with Crippen LogP contribution < -0.4 is 32.2 Å². The van der Waals surface area contributed by atoms with Crippen molar-refractivity contribution in [2.24, 2.45) is 22.6 Å². The largest absolute Gasteiger partial charge is 0.507 e. The van der Waals surface area contributed by atoms with E-state index in [0.29, 0.717) is 34.5 Å². The number of hydrogen-bond acceptors (Lipinski definition) is 9. The molecule has 3 saturated heterocycles. The first-order valence-electron chi connectivity index (χ1n) is 13.8. The highest BCUT2D eigenvalue weighted by atomic mass is 16.5. The number of ether oxygens (including phenoxy) is 1. The molecular formula is C29H39N7O2. The van der Waals surface area contributed by atoms with Gasteiger partial charge in [-0.25, -0.2) is 4.98 Å². The molecule has 0 amide bonds. The van der Waals surface area contributed by atoms with Crippen molar-refractivity contribution in [1.82, 2.24) is 15.2 Å². The molecule has 4 heterocycles. The Hall–Kier alpha value is -3.59. The van der Waals surface area contributed by atoms with E-state index in [1.54, 1.807) is 24.3 Å². The Bertz CT molecular complexity index is 1210. The molecule has 1 saturated carbocycles. The van der Waals surface area contributed by atoms with E-state index in [1.807, 2.05) is 12.3 Å². The molecule has 9 heteroatoms. The summed E-state index contributed by atoms with van der Waals surface area (Å²) in [6, 6.07) is 11.8. The number of aromatic hydroxyl groups is 1. The van der Waals surface area contributed by atoms with E-state index in [-0.39, 0.29) is 17.7 Å². The second-order valence-corrected chi connectivity index (χ2v) is 11.4. The van der Waals surface area contributed by atoms with Crippen LogP contribution in [0.2, 0.25) is 0 Å². The first-order chi connectivity index (χ1) is 18.4. The molecule has 202 valence electrons. The maximum atomic E-state index is 10.2. The number of rotatable bonds is 6. The van der Waals surface area contributed by atoms with Crippen molar-refractivity contribution >= 4 is 11.4 Å². The average molecular weight is 518 g/mol. The summed E-state index contributed by atoms with van der Waals surface area (Å²) in [6.07, 6.45) is 10.9. The number of likely N-dealkylation sites (tertiary alicyclic amines) is 1. The van der Waals surface area contributed by atoms with E-state index in [4.69, 9.17) is 21.9 Å². The first-order valence-corrected chi connectivity index (χ1v) is 13.8. The lowest BCUT2D eigenvalue weighted by Crippen LogP contribution is -2.54. The number of anilines is 1. The molecule has 4 aliphatic rings. The number of benzene rings is 1. The van der Waals surface area contributed by atoms with Crippen molar-refractivity contribution in [3.63, 3.8) is 0 Å². The number of phenolic OH excluding ortho intramolecular Hbond substituents is 1. The molecule has 2 aromatic rings. The van der Waals surface area contributed by atoms with Crippen LogP contribution in [0, 0.1) is 5.41 Å². The summed E-state index contributed by atoms with van der Waals surface area (Å²) >= 11 is 0. The van der Waals surface area contributed by atoms with Crippen molar-refractivity contribution in [1.29, 1.82) is 0 Å². The summed E-state index contributed by atoms with van der Waals surface area (Å²) in [6.45, 7) is 3.82. The fraction of sp³-hybridized carbons (Fsp3) is 0.483. The molecule has 1 spiro atoms. The zero-order valence-electron chi connectivity index (χ0n) is 21.9. The number of piperazine rings is 1. The predicted molar refractivity (Wildman–Crippen MR) is 149 cm³/mol. The van der Waals surface area contributed by atoms with Gasteiger partial charge in [0.05, 0.1) is 5.70 Å². The lowest BCUT2D eigenvalue weighted by Gasteiger charge is -2.49. The lowest BCUT2D eigenvalue weighted by molar-refractivity contribution is -0.0367. The maximum absolute atomic E-state index is 10.2. The summed E-state index contributed by atoms with van der Waals surface area (Å²) in [5.74, 6) is 1.08. The molecule has 0 radical (unpaired) electrons. The number of nitrogens with one attached hydrogen (secondary N) is 1. The van der Waals surface area contributed by atoms with Gasteiger partial charge in [-0.1, -0.05) is 12.1 Å². The minimum Gasteiger partial charge on any atom is -0.507 e. The fourth-order valence-electron chi connectivity index (χ4n) is 6.97. The Kier molecular flexibility index (Phi) is 6.47. The van der Waals surface area contributed by atoms with Gasteiger partial charge in [0.1, 0.15) is 17.7 Å². The van der Waals surface area contributed by atoms with E-state index in [0.717, 1.165) is 63.4 Å². The highest BCUT2D eigenvalue weighted by molar-refractivity contribution is 5.70. The summed E-state index contributed by atoms with van der Waals surface area (Å²) in [5, 5.41) is 13.7. The van der Waals surface area contributed by atoms with Crippen molar-refractivity contribution in [2.75, 3.05) is 31.1 Å². The summed E-state index contributed by atoms with van der Waals surface area (Å²) in [4.78, 5) is 9.28. The van der Waals surface area contributed by atoms with E-state index in [1.165, 1.54) is 12.8 Å². The predicted octanol–water partition coefficient (Wildman–Crippen LogP) is 2.44. The van der Waals surface area contributed by atoms with E-state index >= 15 is 0 Å². The van der Waals surface area contributed by atoms with Crippen LogP contribution in [0.3, 0.4) is 0 Å². The van der Waals surface area contributed by atoms with Crippen molar-refractivity contribution in [3.8, 4) is 11.6 Å². The summed E-state index contributed by atoms with van der Waals surface area (Å²) < 4.78 is 6.34. The van der Waals surface area contributed by atoms with Gasteiger partial charge in [0.2, 0.25) is 5.88 Å². The van der Waals surface area contributed by atoms with Crippen LogP contribution in [0.25, 0.3) is 5.70 Å². The van der Waals surface area contributed by atoms with Crippen LogP contribution in [0.4, 0.5) is 5.69 Å². The summed E-state index contributed by atoms with van der Waals surface area (Å²) in [5.41, 5.74) is 22.0. The van der Waals surface area contributed by atoms with Crippen molar-refractivity contribution < 1.29 is 9.84 Å². The van der Waals surface area contributed by atoms with Crippen molar-refractivity contribution in [3.05, 3.63) is 65.8 Å². The van der Waals surface area contributed by atoms with Crippen LogP contribution >= 0.6 is 0 Å². The SMILES string of the molecule is NC(N)=C(/C=C(\N)c1ccccc1O)N1CC2CCC(C1)N2c1ccnc(OC2CC3(CCNCC3)C2)c1. The van der Waals surface area contributed by atoms with Gasteiger partial charge in [-0.15, -0.1) is 0 Å². The Balaban J connectivity index is 1.14. The number of pyridine rings is 1. The molecule has 4 fully saturated rings. The van der Waals surface area contributed by atoms with Gasteiger partial charge in [-0.2, -0.15) is 0 Å². The number of para-hydroxylation sites is 1. The second-order valence-electron chi connectivity index (χ2n) is 11.4. The number of hydrogen-bond donors (Lipinski definition) is 5. The van der Waals surface area contributed by atoms with Crippen molar-refractivity contribution in [2.45, 2.75) is 56.7 Å². The highest BCUT2D eigenvalue weighted by Crippen LogP contribution is 2.49. The van der Waals surface area contributed by atoms with E-state index in [2.05, 4.69) is 32.2 Å². The third-order valence-corrected chi connectivity index (χ3v) is 8.92. The zero-order valence-corrected chi connectivity index (χ0v) is 21.9. The molecule has 9 nitrogen and oxygen atoms in total. The van der Waals surface area contributed by atoms with Gasteiger partial charge in [0.15, 0.2) is 0 Å². The molecule has 2 bridgehead atoms. The van der Waals surface area contributed by atoms with Crippen LogP contribution in [0.15, 0.2) is 60.2 Å². The number of nitrogens with zero attached hydrogens (tertiary/aromatic N) is 3. The molecular weight excluding hydrogens is 478 g/mol. The van der Waals surface area contributed by atoms with Crippen LogP contribution in [-0.2, 0) is 0 Å². The molecule has 38 heavy (non-hydrogen) atoms. The van der Waals surface area contributed by atoms with Gasteiger partial charge in [-0.05, 0) is 81.3 Å². The van der Waals surface area contributed by atoms with E-state index < -0.39 is 0 Å². The zero-order chi connectivity index (χ0) is 26.3.